The van der Waals surface area contributed by atoms with Crippen molar-refractivity contribution in [3.8, 4) is 22.8 Å². The number of H-pyrrole nitrogens is 1. The Bertz CT molecular complexity index is 1330. The zero-order valence-corrected chi connectivity index (χ0v) is 21.4. The van der Waals surface area contributed by atoms with Crippen LogP contribution in [0.2, 0.25) is 5.02 Å². The minimum absolute atomic E-state index is 0.0118. The Balaban J connectivity index is 1.50. The third-order valence-electron chi connectivity index (χ3n) is 6.46. The quantitative estimate of drug-likeness (QED) is 0.432. The summed E-state index contributed by atoms with van der Waals surface area (Å²) in [6.07, 6.45) is 3.69. The van der Waals surface area contributed by atoms with Gasteiger partial charge in [0, 0.05) is 43.9 Å². The second kappa shape index (κ2) is 10.7. The van der Waals surface area contributed by atoms with Crippen LogP contribution in [-0.4, -0.2) is 72.7 Å². The number of aromatic amines is 1. The van der Waals surface area contributed by atoms with Gasteiger partial charge in [-0.25, -0.2) is 0 Å². The smallest absolute Gasteiger partial charge is 0.255 e. The van der Waals surface area contributed by atoms with E-state index < -0.39 is 0 Å². The van der Waals surface area contributed by atoms with Gasteiger partial charge < -0.3 is 34.7 Å². The lowest BCUT2D eigenvalue weighted by molar-refractivity contribution is -0.137. The van der Waals surface area contributed by atoms with E-state index in [0.717, 1.165) is 11.3 Å². The highest BCUT2D eigenvalue weighted by Gasteiger charge is 2.29. The molecule has 1 atom stereocenters. The Morgan fingerprint density at radius 2 is 2.22 bits per heavy atom. The lowest BCUT2D eigenvalue weighted by Gasteiger charge is -2.32. The van der Waals surface area contributed by atoms with Crippen molar-refractivity contribution in [1.29, 1.82) is 0 Å². The minimum Gasteiger partial charge on any atom is -0.493 e. The molecule has 3 N–H and O–H groups in total. The first-order valence-electron chi connectivity index (χ1n) is 12.0. The molecule has 2 aromatic heterocycles. The fourth-order valence-electron chi connectivity index (χ4n) is 4.65. The zero-order chi connectivity index (χ0) is 25.9. The summed E-state index contributed by atoms with van der Waals surface area (Å²) in [5, 5.41) is 6.74. The van der Waals surface area contributed by atoms with E-state index in [4.69, 9.17) is 25.8 Å². The molecule has 1 fully saturated rings. The summed E-state index contributed by atoms with van der Waals surface area (Å²) in [5.74, 6) is 0.824. The van der Waals surface area contributed by atoms with Gasteiger partial charge in [-0.05, 0) is 18.2 Å². The molecule has 1 saturated heterocycles. The number of amides is 2. The normalized spacial score (nSPS) is 17.1. The number of morpholine rings is 1. The second-order valence-electron chi connectivity index (χ2n) is 8.82. The first-order valence-corrected chi connectivity index (χ1v) is 12.4. The van der Waals surface area contributed by atoms with Gasteiger partial charge in [0.05, 0.1) is 54.1 Å². The molecule has 0 spiro atoms. The van der Waals surface area contributed by atoms with Crippen LogP contribution < -0.4 is 20.1 Å². The Kier molecular flexibility index (Phi) is 7.20. The molecule has 10 nitrogen and oxygen atoms in total. The van der Waals surface area contributed by atoms with E-state index in [0.29, 0.717) is 71.8 Å². The number of rotatable bonds is 7. The predicted octanol–water partition coefficient (Wildman–Crippen LogP) is 3.39. The largest absolute Gasteiger partial charge is 0.493 e. The van der Waals surface area contributed by atoms with Crippen LogP contribution in [0.25, 0.3) is 11.3 Å². The van der Waals surface area contributed by atoms with Crippen molar-refractivity contribution in [2.24, 2.45) is 0 Å². The molecule has 2 aliphatic rings. The molecule has 3 aromatic rings. The van der Waals surface area contributed by atoms with Crippen molar-refractivity contribution in [3.63, 3.8) is 0 Å². The SMILES string of the molecule is COc1c(Cl)cccc1Nc1c(-c2ccncc2OC[C@@H]2CN(C(C)=O)CCO2)[nH]c2c1C(=O)NCC2. The van der Waals surface area contributed by atoms with Crippen LogP contribution in [0, 0.1) is 0 Å². The van der Waals surface area contributed by atoms with Crippen molar-refractivity contribution >= 4 is 34.8 Å². The number of carbonyl (C=O) groups excluding carboxylic acids is 2. The van der Waals surface area contributed by atoms with Gasteiger partial charge in [-0.1, -0.05) is 17.7 Å². The van der Waals surface area contributed by atoms with Gasteiger partial charge in [-0.15, -0.1) is 0 Å². The number of nitrogens with one attached hydrogen (secondary N) is 3. The van der Waals surface area contributed by atoms with Crippen molar-refractivity contribution in [2.45, 2.75) is 19.4 Å². The van der Waals surface area contributed by atoms with E-state index in [9.17, 15) is 9.59 Å². The number of benzene rings is 1. The number of halogens is 1. The van der Waals surface area contributed by atoms with Crippen molar-refractivity contribution < 1.29 is 23.8 Å². The highest BCUT2D eigenvalue weighted by atomic mass is 35.5. The molecule has 2 amide bonds. The van der Waals surface area contributed by atoms with E-state index in [2.05, 4.69) is 20.6 Å². The number of para-hydroxylation sites is 1. The fourth-order valence-corrected chi connectivity index (χ4v) is 4.90. The van der Waals surface area contributed by atoms with Crippen LogP contribution in [0.4, 0.5) is 11.4 Å². The number of ether oxygens (including phenoxy) is 3. The first-order chi connectivity index (χ1) is 18.0. The monoisotopic (exact) mass is 525 g/mol. The average molecular weight is 526 g/mol. The second-order valence-corrected chi connectivity index (χ2v) is 9.23. The van der Waals surface area contributed by atoms with Crippen LogP contribution in [0.5, 0.6) is 11.5 Å². The summed E-state index contributed by atoms with van der Waals surface area (Å²) < 4.78 is 17.5. The Hall–Kier alpha value is -3.76. The number of fused-ring (bicyclic) bond motifs is 1. The third-order valence-corrected chi connectivity index (χ3v) is 6.76. The molecule has 0 bridgehead atoms. The number of pyridine rings is 1. The van der Waals surface area contributed by atoms with Crippen LogP contribution in [0.1, 0.15) is 23.0 Å². The first kappa shape index (κ1) is 24.9. The molecule has 37 heavy (non-hydrogen) atoms. The van der Waals surface area contributed by atoms with Gasteiger partial charge in [0.1, 0.15) is 18.5 Å². The molecule has 11 heteroatoms. The maximum absolute atomic E-state index is 12.9. The standard InChI is InChI=1S/C26H28ClN5O5/c1-15(33)32-10-11-36-16(13-32)14-37-21-12-28-8-6-17(21)23-24(22-19(30-23)7-9-29-26(22)34)31-20-5-3-4-18(27)25(20)35-2/h3-6,8,12,16,30-31H,7,9-11,13-14H2,1-2H3,(H,29,34)/t16-/m0/s1. The van der Waals surface area contributed by atoms with E-state index in [1.807, 2.05) is 18.2 Å². The topological polar surface area (TPSA) is 118 Å². The molecule has 0 saturated carbocycles. The molecule has 2 aliphatic heterocycles. The number of nitrogens with zero attached hydrogens (tertiary/aromatic N) is 2. The summed E-state index contributed by atoms with van der Waals surface area (Å²) >= 11 is 6.35. The van der Waals surface area contributed by atoms with Gasteiger partial charge in [0.25, 0.3) is 5.91 Å². The number of hydrogen-bond donors (Lipinski definition) is 3. The summed E-state index contributed by atoms with van der Waals surface area (Å²) in [7, 11) is 1.54. The Morgan fingerprint density at radius 1 is 1.35 bits per heavy atom. The number of carbonyl (C=O) groups is 2. The highest BCUT2D eigenvalue weighted by Crippen LogP contribution is 2.42. The van der Waals surface area contributed by atoms with E-state index >= 15 is 0 Å². The van der Waals surface area contributed by atoms with E-state index in [1.54, 1.807) is 37.4 Å². The maximum atomic E-state index is 12.9. The van der Waals surface area contributed by atoms with E-state index in [-0.39, 0.29) is 24.5 Å². The van der Waals surface area contributed by atoms with Gasteiger partial charge >= 0.3 is 0 Å². The van der Waals surface area contributed by atoms with Crippen LogP contribution in [0.15, 0.2) is 36.7 Å². The molecule has 0 aliphatic carbocycles. The zero-order valence-electron chi connectivity index (χ0n) is 20.6. The van der Waals surface area contributed by atoms with Gasteiger partial charge in [-0.2, -0.15) is 0 Å². The predicted molar refractivity (Wildman–Crippen MR) is 139 cm³/mol. The maximum Gasteiger partial charge on any atom is 0.255 e. The fraction of sp³-hybridized carbons (Fsp3) is 0.346. The number of anilines is 2. The minimum atomic E-state index is -0.262. The molecule has 1 aromatic carbocycles. The van der Waals surface area contributed by atoms with Gasteiger partial charge in [0.15, 0.2) is 5.75 Å². The Morgan fingerprint density at radius 3 is 3.03 bits per heavy atom. The number of aromatic nitrogens is 2. The third kappa shape index (κ3) is 5.07. The summed E-state index contributed by atoms with van der Waals surface area (Å²) in [5.41, 5.74) is 3.95. The lowest BCUT2D eigenvalue weighted by atomic mass is 10.0. The molecular weight excluding hydrogens is 498 g/mol. The van der Waals surface area contributed by atoms with Crippen LogP contribution in [-0.2, 0) is 16.0 Å². The van der Waals surface area contributed by atoms with Crippen molar-refractivity contribution in [3.05, 3.63) is 52.9 Å². The van der Waals surface area contributed by atoms with Gasteiger partial charge in [0.2, 0.25) is 5.91 Å². The molecule has 5 rings (SSSR count). The van der Waals surface area contributed by atoms with Crippen LogP contribution in [0.3, 0.4) is 0 Å². The lowest BCUT2D eigenvalue weighted by Crippen LogP contribution is -2.46. The highest BCUT2D eigenvalue weighted by molar-refractivity contribution is 6.32. The van der Waals surface area contributed by atoms with E-state index in [1.165, 1.54) is 0 Å². The van der Waals surface area contributed by atoms with Crippen LogP contribution >= 0.6 is 11.6 Å². The summed E-state index contributed by atoms with van der Waals surface area (Å²) in [6, 6.07) is 7.21. The average Bonchev–Trinajstić information content (AvgIpc) is 3.27. The summed E-state index contributed by atoms with van der Waals surface area (Å²) in [4.78, 5) is 34.2. The molecule has 0 radical (unpaired) electrons. The summed E-state index contributed by atoms with van der Waals surface area (Å²) in [6.45, 7) is 3.83. The molecule has 0 unspecified atom stereocenters. The van der Waals surface area contributed by atoms with Crippen molar-refractivity contribution in [2.75, 3.05) is 45.3 Å². The van der Waals surface area contributed by atoms with Gasteiger partial charge in [-0.3, -0.25) is 14.6 Å². The number of hydrogen-bond acceptors (Lipinski definition) is 7. The Labute approximate surface area is 219 Å². The molecule has 194 valence electrons. The van der Waals surface area contributed by atoms with Crippen molar-refractivity contribution in [1.82, 2.24) is 20.2 Å². The number of methoxy groups -OCH3 is 1. The molecule has 4 heterocycles. The molecular formula is C26H28ClN5O5.